The standard InChI is InChI=1S/C9H11ClN2O2S/c1-3-6(10)5-15-9-11-4-7(14-2)8(13)12-9/h3-4H,5H2,1-2H3,(H,11,12,13)/b6-3-. The SMILES string of the molecule is C/C=C(\Cl)CSc1ncc(OC)c(=O)[nH]1. The number of hydrogen-bond donors (Lipinski definition) is 1. The van der Waals surface area contributed by atoms with Crippen LogP contribution in [0.5, 0.6) is 5.75 Å². The third-order valence-corrected chi connectivity index (χ3v) is 3.07. The van der Waals surface area contributed by atoms with E-state index in [1.807, 2.05) is 6.92 Å². The fourth-order valence-corrected chi connectivity index (χ4v) is 1.70. The number of thioether (sulfide) groups is 1. The molecule has 15 heavy (non-hydrogen) atoms. The van der Waals surface area contributed by atoms with E-state index in [-0.39, 0.29) is 11.3 Å². The number of rotatable bonds is 4. The Bertz CT molecular complexity index is 417. The molecule has 82 valence electrons. The number of methoxy groups -OCH3 is 1. The van der Waals surface area contributed by atoms with Crippen LogP contribution in [-0.4, -0.2) is 22.8 Å². The summed E-state index contributed by atoms with van der Waals surface area (Å²) in [6.45, 7) is 1.85. The van der Waals surface area contributed by atoms with Crippen LogP contribution in [0.15, 0.2) is 27.3 Å². The molecule has 0 spiro atoms. The molecule has 0 aromatic carbocycles. The molecule has 0 atom stereocenters. The molecular formula is C9H11ClN2O2S. The number of halogens is 1. The largest absolute Gasteiger partial charge is 0.490 e. The second-order valence-corrected chi connectivity index (χ2v) is 4.06. The molecule has 0 saturated heterocycles. The topological polar surface area (TPSA) is 55.0 Å². The van der Waals surface area contributed by atoms with Crippen molar-refractivity contribution in [2.45, 2.75) is 12.1 Å². The van der Waals surface area contributed by atoms with Crippen molar-refractivity contribution < 1.29 is 4.74 Å². The second-order valence-electron chi connectivity index (χ2n) is 2.61. The lowest BCUT2D eigenvalue weighted by atomic mass is 10.6. The van der Waals surface area contributed by atoms with E-state index in [0.29, 0.717) is 10.9 Å². The van der Waals surface area contributed by atoms with Crippen LogP contribution >= 0.6 is 23.4 Å². The van der Waals surface area contributed by atoms with E-state index < -0.39 is 0 Å². The highest BCUT2D eigenvalue weighted by atomic mass is 35.5. The van der Waals surface area contributed by atoms with Crippen molar-refractivity contribution >= 4 is 23.4 Å². The van der Waals surface area contributed by atoms with Crippen LogP contribution in [0.4, 0.5) is 0 Å². The van der Waals surface area contributed by atoms with Crippen LogP contribution in [0.1, 0.15) is 6.92 Å². The Morgan fingerprint density at radius 1 is 1.80 bits per heavy atom. The van der Waals surface area contributed by atoms with Gasteiger partial charge in [0.15, 0.2) is 5.16 Å². The van der Waals surface area contributed by atoms with Gasteiger partial charge in [0.1, 0.15) is 0 Å². The number of ether oxygens (including phenoxy) is 1. The zero-order valence-electron chi connectivity index (χ0n) is 8.41. The van der Waals surface area contributed by atoms with Crippen molar-refractivity contribution in [2.24, 2.45) is 0 Å². The summed E-state index contributed by atoms with van der Waals surface area (Å²) in [5, 5.41) is 1.25. The average Bonchev–Trinajstić information content (AvgIpc) is 2.26. The van der Waals surface area contributed by atoms with E-state index in [2.05, 4.69) is 9.97 Å². The van der Waals surface area contributed by atoms with E-state index >= 15 is 0 Å². The molecule has 0 aliphatic rings. The van der Waals surface area contributed by atoms with Crippen LogP contribution in [0, 0.1) is 0 Å². The molecule has 4 nitrogen and oxygen atoms in total. The monoisotopic (exact) mass is 246 g/mol. The fourth-order valence-electron chi connectivity index (χ4n) is 0.806. The Kier molecular flexibility index (Phi) is 4.71. The predicted octanol–water partition coefficient (Wildman–Crippen LogP) is 2.01. The quantitative estimate of drug-likeness (QED) is 0.652. The maximum atomic E-state index is 11.3. The van der Waals surface area contributed by atoms with Gasteiger partial charge in [0.2, 0.25) is 5.75 Å². The Hall–Kier alpha value is -0.940. The molecule has 0 bridgehead atoms. The Labute approximate surface area is 96.7 Å². The predicted molar refractivity (Wildman–Crippen MR) is 61.7 cm³/mol. The molecule has 0 amide bonds. The Morgan fingerprint density at radius 2 is 2.53 bits per heavy atom. The molecule has 1 rings (SSSR count). The fraction of sp³-hybridized carbons (Fsp3) is 0.333. The third kappa shape index (κ3) is 3.60. The summed E-state index contributed by atoms with van der Waals surface area (Å²) in [6, 6.07) is 0. The van der Waals surface area contributed by atoms with Gasteiger partial charge in [0.05, 0.1) is 13.3 Å². The summed E-state index contributed by atoms with van der Waals surface area (Å²) in [4.78, 5) is 17.9. The summed E-state index contributed by atoms with van der Waals surface area (Å²) in [6.07, 6.45) is 3.20. The molecule has 0 fully saturated rings. The first kappa shape index (κ1) is 12.1. The molecule has 0 saturated carbocycles. The maximum absolute atomic E-state index is 11.3. The molecule has 1 N–H and O–H groups in total. The normalized spacial score (nSPS) is 11.5. The van der Waals surface area contributed by atoms with E-state index in [9.17, 15) is 4.79 Å². The van der Waals surface area contributed by atoms with Gasteiger partial charge >= 0.3 is 0 Å². The first-order chi connectivity index (χ1) is 7.17. The van der Waals surface area contributed by atoms with Crippen molar-refractivity contribution in [1.82, 2.24) is 9.97 Å². The Balaban J connectivity index is 2.72. The minimum Gasteiger partial charge on any atom is -0.490 e. The van der Waals surface area contributed by atoms with E-state index in [1.165, 1.54) is 25.1 Å². The summed E-state index contributed by atoms with van der Waals surface area (Å²) in [7, 11) is 1.43. The number of aromatic amines is 1. The number of H-pyrrole nitrogens is 1. The van der Waals surface area contributed by atoms with Gasteiger partial charge in [-0.1, -0.05) is 29.4 Å². The molecule has 1 heterocycles. The van der Waals surface area contributed by atoms with Crippen molar-refractivity contribution in [3.05, 3.63) is 27.7 Å². The summed E-state index contributed by atoms with van der Waals surface area (Å²) >= 11 is 7.17. The zero-order chi connectivity index (χ0) is 11.3. The number of aromatic nitrogens is 2. The molecule has 1 aromatic rings. The van der Waals surface area contributed by atoms with Crippen LogP contribution in [0.2, 0.25) is 0 Å². The van der Waals surface area contributed by atoms with Gasteiger partial charge in [0.25, 0.3) is 5.56 Å². The summed E-state index contributed by atoms with van der Waals surface area (Å²) < 4.78 is 4.79. The second kappa shape index (κ2) is 5.82. The minimum atomic E-state index is -0.286. The van der Waals surface area contributed by atoms with Crippen molar-refractivity contribution in [2.75, 3.05) is 12.9 Å². The van der Waals surface area contributed by atoms with Crippen LogP contribution in [0.3, 0.4) is 0 Å². The van der Waals surface area contributed by atoms with E-state index in [0.717, 1.165) is 5.03 Å². The van der Waals surface area contributed by atoms with Gasteiger partial charge in [-0.2, -0.15) is 0 Å². The lowest BCUT2D eigenvalue weighted by Crippen LogP contribution is -2.10. The molecule has 0 unspecified atom stereocenters. The molecular weight excluding hydrogens is 236 g/mol. The lowest BCUT2D eigenvalue weighted by Gasteiger charge is -2.01. The summed E-state index contributed by atoms with van der Waals surface area (Å²) in [5.41, 5.74) is -0.286. The highest BCUT2D eigenvalue weighted by molar-refractivity contribution is 7.99. The van der Waals surface area contributed by atoms with Gasteiger partial charge in [-0.3, -0.25) is 9.78 Å². The highest BCUT2D eigenvalue weighted by Gasteiger charge is 2.03. The minimum absolute atomic E-state index is 0.205. The first-order valence-electron chi connectivity index (χ1n) is 4.24. The number of allylic oxidation sites excluding steroid dienone is 1. The van der Waals surface area contributed by atoms with Gasteiger partial charge in [-0.25, -0.2) is 4.98 Å². The molecule has 1 aromatic heterocycles. The zero-order valence-corrected chi connectivity index (χ0v) is 9.98. The van der Waals surface area contributed by atoms with E-state index in [4.69, 9.17) is 16.3 Å². The van der Waals surface area contributed by atoms with E-state index in [1.54, 1.807) is 6.08 Å². The van der Waals surface area contributed by atoms with Crippen molar-refractivity contribution in [3.63, 3.8) is 0 Å². The number of hydrogen-bond acceptors (Lipinski definition) is 4. The molecule has 0 radical (unpaired) electrons. The van der Waals surface area contributed by atoms with Gasteiger partial charge in [-0.15, -0.1) is 0 Å². The van der Waals surface area contributed by atoms with Crippen LogP contribution in [-0.2, 0) is 0 Å². The van der Waals surface area contributed by atoms with Crippen LogP contribution < -0.4 is 10.3 Å². The van der Waals surface area contributed by atoms with Crippen LogP contribution in [0.25, 0.3) is 0 Å². The molecule has 0 aliphatic carbocycles. The molecule has 0 aliphatic heterocycles. The van der Waals surface area contributed by atoms with Gasteiger partial charge in [0, 0.05) is 10.8 Å². The smallest absolute Gasteiger partial charge is 0.293 e. The average molecular weight is 247 g/mol. The maximum Gasteiger partial charge on any atom is 0.293 e. The molecule has 6 heteroatoms. The highest BCUT2D eigenvalue weighted by Crippen LogP contribution is 2.17. The van der Waals surface area contributed by atoms with Gasteiger partial charge in [-0.05, 0) is 6.92 Å². The van der Waals surface area contributed by atoms with Crippen molar-refractivity contribution in [3.8, 4) is 5.75 Å². The van der Waals surface area contributed by atoms with Gasteiger partial charge < -0.3 is 4.74 Å². The number of nitrogens with zero attached hydrogens (tertiary/aromatic N) is 1. The first-order valence-corrected chi connectivity index (χ1v) is 5.60. The Morgan fingerprint density at radius 3 is 3.07 bits per heavy atom. The number of nitrogens with one attached hydrogen (secondary N) is 1. The lowest BCUT2D eigenvalue weighted by molar-refractivity contribution is 0.404. The summed E-state index contributed by atoms with van der Waals surface area (Å²) in [5.74, 6) is 0.796. The van der Waals surface area contributed by atoms with Crippen molar-refractivity contribution in [1.29, 1.82) is 0 Å². The third-order valence-electron chi connectivity index (χ3n) is 1.62.